The van der Waals surface area contributed by atoms with Crippen LogP contribution in [0.2, 0.25) is 0 Å². The van der Waals surface area contributed by atoms with E-state index in [9.17, 15) is 0 Å². The lowest BCUT2D eigenvalue weighted by atomic mass is 10.4. The Hall–Kier alpha value is -1.78. The fraction of sp³-hybridized carbons (Fsp3) is 0.400. The van der Waals surface area contributed by atoms with Gasteiger partial charge in [0, 0.05) is 37.2 Å². The van der Waals surface area contributed by atoms with E-state index in [1.54, 1.807) is 6.20 Å². The van der Waals surface area contributed by atoms with Crippen LogP contribution in [0.5, 0.6) is 0 Å². The Labute approximate surface area is 88.5 Å². The molecule has 0 bridgehead atoms. The van der Waals surface area contributed by atoms with Crippen LogP contribution in [0.1, 0.15) is 18.9 Å². The summed E-state index contributed by atoms with van der Waals surface area (Å²) in [4.78, 5) is 4.26. The first-order chi connectivity index (χ1) is 7.40. The molecule has 0 saturated carbocycles. The summed E-state index contributed by atoms with van der Waals surface area (Å²) in [5, 5.41) is 9.94. The maximum absolute atomic E-state index is 4.26. The fourth-order valence-electron chi connectivity index (χ4n) is 1.45. The summed E-state index contributed by atoms with van der Waals surface area (Å²) in [5.74, 6) is 0.915. The second-order valence-electron chi connectivity index (χ2n) is 3.40. The summed E-state index contributed by atoms with van der Waals surface area (Å²) in [7, 11) is 0. The number of aromatic amines is 1. The SMILES string of the molecule is CCCn1ccnc1NCc1cn[nH]c1. The van der Waals surface area contributed by atoms with Crippen molar-refractivity contribution in [3.63, 3.8) is 0 Å². The molecule has 2 rings (SSSR count). The smallest absolute Gasteiger partial charge is 0.203 e. The van der Waals surface area contributed by atoms with Crippen molar-refractivity contribution in [3.05, 3.63) is 30.4 Å². The molecule has 2 N–H and O–H groups in total. The van der Waals surface area contributed by atoms with Gasteiger partial charge in [-0.1, -0.05) is 6.92 Å². The monoisotopic (exact) mass is 205 g/mol. The van der Waals surface area contributed by atoms with E-state index >= 15 is 0 Å². The number of nitrogens with zero attached hydrogens (tertiary/aromatic N) is 3. The second-order valence-corrected chi connectivity index (χ2v) is 3.40. The third kappa shape index (κ3) is 2.37. The predicted molar refractivity (Wildman–Crippen MR) is 58.4 cm³/mol. The number of hydrogen-bond donors (Lipinski definition) is 2. The normalized spacial score (nSPS) is 10.5. The zero-order valence-corrected chi connectivity index (χ0v) is 8.77. The van der Waals surface area contributed by atoms with Gasteiger partial charge < -0.3 is 9.88 Å². The van der Waals surface area contributed by atoms with Gasteiger partial charge in [-0.05, 0) is 6.42 Å². The van der Waals surface area contributed by atoms with Gasteiger partial charge in [-0.2, -0.15) is 5.10 Å². The lowest BCUT2D eigenvalue weighted by molar-refractivity contribution is 0.682. The molecule has 0 amide bonds. The van der Waals surface area contributed by atoms with Crippen LogP contribution in [0.4, 0.5) is 5.95 Å². The molecule has 15 heavy (non-hydrogen) atoms. The topological polar surface area (TPSA) is 58.5 Å². The zero-order valence-electron chi connectivity index (χ0n) is 8.77. The summed E-state index contributed by atoms with van der Waals surface area (Å²) in [6.45, 7) is 3.89. The maximum Gasteiger partial charge on any atom is 0.203 e. The fourth-order valence-corrected chi connectivity index (χ4v) is 1.45. The highest BCUT2D eigenvalue weighted by molar-refractivity contribution is 5.27. The molecule has 0 atom stereocenters. The van der Waals surface area contributed by atoms with E-state index in [-0.39, 0.29) is 0 Å². The molecule has 2 heterocycles. The molecule has 0 aliphatic carbocycles. The average Bonchev–Trinajstić information content (AvgIpc) is 2.85. The van der Waals surface area contributed by atoms with E-state index in [0.717, 1.165) is 31.0 Å². The molecule has 5 heteroatoms. The van der Waals surface area contributed by atoms with Crippen molar-refractivity contribution in [2.24, 2.45) is 0 Å². The zero-order chi connectivity index (χ0) is 10.5. The Morgan fingerprint density at radius 1 is 1.53 bits per heavy atom. The van der Waals surface area contributed by atoms with Crippen molar-refractivity contribution in [2.45, 2.75) is 26.4 Å². The van der Waals surface area contributed by atoms with Crippen LogP contribution >= 0.6 is 0 Å². The summed E-state index contributed by atoms with van der Waals surface area (Å²) < 4.78 is 2.11. The van der Waals surface area contributed by atoms with E-state index < -0.39 is 0 Å². The minimum Gasteiger partial charge on any atom is -0.351 e. The van der Waals surface area contributed by atoms with Crippen molar-refractivity contribution in [1.82, 2.24) is 19.7 Å². The van der Waals surface area contributed by atoms with E-state index in [0.29, 0.717) is 0 Å². The highest BCUT2D eigenvalue weighted by Crippen LogP contribution is 2.07. The molecule has 5 nitrogen and oxygen atoms in total. The van der Waals surface area contributed by atoms with Gasteiger partial charge in [-0.15, -0.1) is 0 Å². The maximum atomic E-state index is 4.26. The van der Waals surface area contributed by atoms with Gasteiger partial charge in [-0.3, -0.25) is 5.10 Å². The van der Waals surface area contributed by atoms with Crippen molar-refractivity contribution in [2.75, 3.05) is 5.32 Å². The molecular weight excluding hydrogens is 190 g/mol. The molecule has 0 saturated heterocycles. The summed E-state index contributed by atoms with van der Waals surface area (Å²) in [6, 6.07) is 0. The number of rotatable bonds is 5. The van der Waals surface area contributed by atoms with E-state index in [4.69, 9.17) is 0 Å². The minimum absolute atomic E-state index is 0.747. The van der Waals surface area contributed by atoms with Gasteiger partial charge in [0.15, 0.2) is 0 Å². The number of hydrogen-bond acceptors (Lipinski definition) is 3. The molecule has 0 fully saturated rings. The van der Waals surface area contributed by atoms with E-state index in [1.807, 2.05) is 18.6 Å². The highest BCUT2D eigenvalue weighted by Gasteiger charge is 2.01. The first-order valence-corrected chi connectivity index (χ1v) is 5.13. The van der Waals surface area contributed by atoms with Crippen LogP contribution in [0, 0.1) is 0 Å². The third-order valence-electron chi connectivity index (χ3n) is 2.19. The van der Waals surface area contributed by atoms with Crippen LogP contribution in [0.25, 0.3) is 0 Å². The predicted octanol–water partition coefficient (Wildman–Crippen LogP) is 1.63. The standard InChI is InChI=1S/C10H15N5/c1-2-4-15-5-3-11-10(15)12-6-9-7-13-14-8-9/h3,5,7-8H,2,4,6H2,1H3,(H,11,12)(H,13,14). The largest absolute Gasteiger partial charge is 0.351 e. The van der Waals surface area contributed by atoms with Crippen molar-refractivity contribution in [1.29, 1.82) is 0 Å². The number of imidazole rings is 1. The molecule has 0 aromatic carbocycles. The minimum atomic E-state index is 0.747. The molecule has 80 valence electrons. The summed E-state index contributed by atoms with van der Waals surface area (Å²) in [5.41, 5.74) is 1.13. The van der Waals surface area contributed by atoms with Gasteiger partial charge in [0.1, 0.15) is 0 Å². The Balaban J connectivity index is 1.95. The summed E-state index contributed by atoms with van der Waals surface area (Å²) in [6.07, 6.45) is 8.59. The van der Waals surface area contributed by atoms with Crippen LogP contribution in [-0.4, -0.2) is 19.7 Å². The third-order valence-corrected chi connectivity index (χ3v) is 2.19. The Kier molecular flexibility index (Phi) is 3.02. The molecule has 0 unspecified atom stereocenters. The first-order valence-electron chi connectivity index (χ1n) is 5.13. The van der Waals surface area contributed by atoms with Crippen molar-refractivity contribution in [3.8, 4) is 0 Å². The van der Waals surface area contributed by atoms with Crippen molar-refractivity contribution < 1.29 is 0 Å². The van der Waals surface area contributed by atoms with Crippen molar-refractivity contribution >= 4 is 5.95 Å². The number of nitrogens with one attached hydrogen (secondary N) is 2. The molecule has 2 aromatic heterocycles. The molecule has 0 spiro atoms. The average molecular weight is 205 g/mol. The number of anilines is 1. The molecule has 0 aliphatic rings. The van der Waals surface area contributed by atoms with Crippen LogP contribution in [0.15, 0.2) is 24.8 Å². The lowest BCUT2D eigenvalue weighted by Gasteiger charge is -2.07. The highest BCUT2D eigenvalue weighted by atomic mass is 15.2. The van der Waals surface area contributed by atoms with Gasteiger partial charge in [-0.25, -0.2) is 4.98 Å². The van der Waals surface area contributed by atoms with Gasteiger partial charge in [0.2, 0.25) is 5.95 Å². The van der Waals surface area contributed by atoms with E-state index in [1.165, 1.54) is 0 Å². The van der Waals surface area contributed by atoms with Crippen LogP contribution in [-0.2, 0) is 13.1 Å². The second kappa shape index (κ2) is 4.63. The molecular formula is C10H15N5. The molecule has 2 aromatic rings. The lowest BCUT2D eigenvalue weighted by Crippen LogP contribution is -2.06. The quantitative estimate of drug-likeness (QED) is 0.780. The number of H-pyrrole nitrogens is 1. The van der Waals surface area contributed by atoms with Gasteiger partial charge in [0.25, 0.3) is 0 Å². The first kappa shape index (κ1) is 9.76. The Bertz CT molecular complexity index is 390. The molecule has 0 aliphatic heterocycles. The Morgan fingerprint density at radius 3 is 3.20 bits per heavy atom. The molecule has 0 radical (unpaired) electrons. The number of aromatic nitrogens is 4. The van der Waals surface area contributed by atoms with E-state index in [2.05, 4.69) is 32.0 Å². The van der Waals surface area contributed by atoms with Crippen LogP contribution in [0.3, 0.4) is 0 Å². The summed E-state index contributed by atoms with van der Waals surface area (Å²) >= 11 is 0. The van der Waals surface area contributed by atoms with Gasteiger partial charge >= 0.3 is 0 Å². The van der Waals surface area contributed by atoms with Gasteiger partial charge in [0.05, 0.1) is 6.20 Å². The number of aryl methyl sites for hydroxylation is 1. The Morgan fingerprint density at radius 2 is 2.47 bits per heavy atom. The van der Waals surface area contributed by atoms with Crippen LogP contribution < -0.4 is 5.32 Å².